The summed E-state index contributed by atoms with van der Waals surface area (Å²) in [4.78, 5) is 27.5. The van der Waals surface area contributed by atoms with Crippen LogP contribution in [0.5, 0.6) is 0 Å². The molecule has 0 spiro atoms. The van der Waals surface area contributed by atoms with Gasteiger partial charge in [-0.15, -0.1) is 0 Å². The average Bonchev–Trinajstić information content (AvgIpc) is 3.73. The highest BCUT2D eigenvalue weighted by Gasteiger charge is 2.47. The number of carbonyl (C=O) groups excluding carboxylic acids is 2. The highest BCUT2D eigenvalue weighted by Crippen LogP contribution is 2.37. The average molecular weight is 621 g/mol. The van der Waals surface area contributed by atoms with Crippen LogP contribution in [0, 0.1) is 17.8 Å². The van der Waals surface area contributed by atoms with Gasteiger partial charge in [0.1, 0.15) is 11.7 Å². The first-order chi connectivity index (χ1) is 20.6. The fraction of sp³-hybridized carbons (Fsp3) is 0.765. The summed E-state index contributed by atoms with van der Waals surface area (Å²) >= 11 is 0. The van der Waals surface area contributed by atoms with Gasteiger partial charge in [0.25, 0.3) is 0 Å². The third-order valence-electron chi connectivity index (χ3n) is 9.24. The van der Waals surface area contributed by atoms with Gasteiger partial charge in [-0.25, -0.2) is 4.79 Å². The summed E-state index contributed by atoms with van der Waals surface area (Å²) < 4.78 is 17.6. The molecule has 2 fully saturated rings. The van der Waals surface area contributed by atoms with Crippen LogP contribution >= 0.6 is 0 Å². The lowest BCUT2D eigenvalue weighted by molar-refractivity contribution is -0.150. The molecule has 10 heteroatoms. The van der Waals surface area contributed by atoms with Crippen LogP contribution in [0.2, 0.25) is 0 Å². The Hall–Kier alpha value is -2.24. The first-order valence-electron chi connectivity index (χ1n) is 16.3. The van der Waals surface area contributed by atoms with Gasteiger partial charge in [-0.05, 0) is 57.6 Å². The van der Waals surface area contributed by atoms with Crippen LogP contribution in [-0.2, 0) is 19.0 Å². The third-order valence-corrected chi connectivity index (χ3v) is 9.24. The Morgan fingerprint density at radius 1 is 1.30 bits per heavy atom. The van der Waals surface area contributed by atoms with Gasteiger partial charge >= 0.3 is 12.1 Å². The van der Waals surface area contributed by atoms with Gasteiger partial charge < -0.3 is 39.7 Å². The van der Waals surface area contributed by atoms with Crippen LogP contribution in [0.1, 0.15) is 80.6 Å². The number of nitrogens with zero attached hydrogens (tertiary/aromatic N) is 1. The fourth-order valence-corrected chi connectivity index (χ4v) is 6.00. The Kier molecular flexibility index (Phi) is 13.1. The number of aliphatic hydroxyl groups excluding tert-OH is 1. The standard InChI is InChI=1S/C34H56N2O8/c1-8-26(37)25(5)31-27(42-31)21-33(6,40)14-9-10-23(3)30-24(4)11-12-28(43-32(39)36-18-16-35-17-19-36)34(7,41)15-13-22(2)20-29(38)44-30/h9-12,14,22,24-28,30-31,35,37,40-41H,8,13,15-21H2,1-7H3/b12-11+,14-9+,23-10+/t22-,24+,25-,26+,27-,28+,30?,31-,33+,34-/m1/s1. The molecule has 3 aliphatic rings. The predicted molar refractivity (Wildman–Crippen MR) is 169 cm³/mol. The second-order valence-corrected chi connectivity index (χ2v) is 13.7. The summed E-state index contributed by atoms with van der Waals surface area (Å²) in [5.41, 5.74) is -1.65. The van der Waals surface area contributed by atoms with Crippen LogP contribution in [0.4, 0.5) is 4.79 Å². The highest BCUT2D eigenvalue weighted by molar-refractivity contribution is 5.70. The van der Waals surface area contributed by atoms with Gasteiger partial charge in [0.2, 0.25) is 0 Å². The monoisotopic (exact) mass is 620 g/mol. The zero-order valence-corrected chi connectivity index (χ0v) is 27.7. The van der Waals surface area contributed by atoms with E-state index in [-0.39, 0.29) is 42.4 Å². The maximum atomic E-state index is 13.0. The zero-order chi connectivity index (χ0) is 32.7. The SMILES string of the molecule is CC[C@H](O)[C@@H](C)[C@H]1O[C@@H]1C[C@@](C)(O)/C=C/C=C(\C)C1OC(=O)C[C@H](C)CC[C@@](C)(O)[C@@H](OC(=O)N2CCNCC2)/C=C/[C@@H]1C. The van der Waals surface area contributed by atoms with Crippen molar-refractivity contribution in [1.82, 2.24) is 10.2 Å². The first kappa shape index (κ1) is 36.2. The van der Waals surface area contributed by atoms with Crippen LogP contribution in [0.3, 0.4) is 0 Å². The maximum Gasteiger partial charge on any atom is 0.410 e. The number of rotatable bonds is 9. The second-order valence-electron chi connectivity index (χ2n) is 13.7. The number of ether oxygens (including phenoxy) is 3. The van der Waals surface area contributed by atoms with Gasteiger partial charge in [-0.1, -0.05) is 52.0 Å². The molecule has 3 rings (SSSR count). The number of esters is 1. The van der Waals surface area contributed by atoms with Gasteiger partial charge in [0.15, 0.2) is 6.10 Å². The minimum absolute atomic E-state index is 0.00819. The zero-order valence-electron chi connectivity index (χ0n) is 27.7. The summed E-state index contributed by atoms with van der Waals surface area (Å²) in [5, 5.41) is 35.7. The largest absolute Gasteiger partial charge is 0.457 e. The molecule has 1 amide bonds. The second kappa shape index (κ2) is 15.9. The highest BCUT2D eigenvalue weighted by atomic mass is 16.6. The van der Waals surface area contributed by atoms with E-state index < -0.39 is 35.6 Å². The molecule has 1 unspecified atom stereocenters. The Bertz CT molecular complexity index is 1050. The lowest BCUT2D eigenvalue weighted by Crippen LogP contribution is -2.50. The van der Waals surface area contributed by atoms with Gasteiger partial charge in [0, 0.05) is 50.9 Å². The van der Waals surface area contributed by atoms with Crippen molar-refractivity contribution in [2.75, 3.05) is 26.2 Å². The Morgan fingerprint density at radius 3 is 2.64 bits per heavy atom. The van der Waals surface area contributed by atoms with E-state index in [2.05, 4.69) is 5.32 Å². The van der Waals surface area contributed by atoms with Gasteiger partial charge in [-0.3, -0.25) is 4.79 Å². The molecule has 2 saturated heterocycles. The van der Waals surface area contributed by atoms with E-state index in [1.807, 2.05) is 46.8 Å². The molecule has 0 radical (unpaired) electrons. The maximum absolute atomic E-state index is 13.0. The normalized spacial score (nSPS) is 35.9. The van der Waals surface area contributed by atoms with Crippen molar-refractivity contribution in [2.45, 2.75) is 122 Å². The van der Waals surface area contributed by atoms with Crippen LogP contribution in [0.15, 0.2) is 36.0 Å². The smallest absolute Gasteiger partial charge is 0.410 e. The van der Waals surface area contributed by atoms with E-state index >= 15 is 0 Å². The summed E-state index contributed by atoms with van der Waals surface area (Å²) in [6.45, 7) is 15.5. The van der Waals surface area contributed by atoms with Gasteiger partial charge in [0.05, 0.1) is 23.9 Å². The molecule has 0 aliphatic carbocycles. The molecule has 0 aromatic carbocycles. The van der Waals surface area contributed by atoms with E-state index in [1.165, 1.54) is 0 Å². The van der Waals surface area contributed by atoms with Crippen molar-refractivity contribution < 1.29 is 39.1 Å². The number of carbonyl (C=O) groups is 2. The van der Waals surface area contributed by atoms with Crippen LogP contribution in [0.25, 0.3) is 0 Å². The molecular weight excluding hydrogens is 564 g/mol. The molecule has 250 valence electrons. The number of aliphatic hydroxyl groups is 3. The van der Waals surface area contributed by atoms with E-state index in [4.69, 9.17) is 14.2 Å². The van der Waals surface area contributed by atoms with E-state index in [0.717, 1.165) is 5.57 Å². The minimum Gasteiger partial charge on any atom is -0.457 e. The minimum atomic E-state index is -1.32. The summed E-state index contributed by atoms with van der Waals surface area (Å²) in [6, 6.07) is 0. The first-order valence-corrected chi connectivity index (χ1v) is 16.3. The van der Waals surface area contributed by atoms with Crippen molar-refractivity contribution in [3.8, 4) is 0 Å². The van der Waals surface area contributed by atoms with Crippen LogP contribution in [-0.4, -0.2) is 100 Å². The summed E-state index contributed by atoms with van der Waals surface area (Å²) in [7, 11) is 0. The number of cyclic esters (lactones) is 1. The van der Waals surface area contributed by atoms with Crippen molar-refractivity contribution in [1.29, 1.82) is 0 Å². The molecule has 3 heterocycles. The van der Waals surface area contributed by atoms with Crippen molar-refractivity contribution in [3.63, 3.8) is 0 Å². The topological polar surface area (TPSA) is 141 Å². The number of piperazine rings is 1. The number of nitrogens with one attached hydrogen (secondary N) is 1. The Labute approximate surface area is 263 Å². The number of hydrogen-bond acceptors (Lipinski definition) is 9. The molecular formula is C34H56N2O8. The third kappa shape index (κ3) is 10.7. The number of hydrogen-bond donors (Lipinski definition) is 4. The molecule has 44 heavy (non-hydrogen) atoms. The van der Waals surface area contributed by atoms with Crippen molar-refractivity contribution in [2.24, 2.45) is 17.8 Å². The number of amides is 1. The molecule has 0 saturated carbocycles. The molecule has 10 nitrogen and oxygen atoms in total. The summed E-state index contributed by atoms with van der Waals surface area (Å²) in [6.07, 6.45) is 8.54. The molecule has 0 bridgehead atoms. The Morgan fingerprint density at radius 2 is 1.98 bits per heavy atom. The van der Waals surface area contributed by atoms with Crippen molar-refractivity contribution in [3.05, 3.63) is 36.0 Å². The number of allylic oxidation sites excluding steroid dienone is 2. The number of epoxide rings is 1. The van der Waals surface area contributed by atoms with Crippen molar-refractivity contribution >= 4 is 12.1 Å². The predicted octanol–water partition coefficient (Wildman–Crippen LogP) is 3.89. The van der Waals surface area contributed by atoms with E-state index in [9.17, 15) is 24.9 Å². The van der Waals surface area contributed by atoms with E-state index in [0.29, 0.717) is 51.9 Å². The van der Waals surface area contributed by atoms with Gasteiger partial charge in [-0.2, -0.15) is 0 Å². The molecule has 10 atom stereocenters. The molecule has 3 aliphatic heterocycles. The molecule has 4 N–H and O–H groups in total. The molecule has 0 aromatic rings. The summed E-state index contributed by atoms with van der Waals surface area (Å²) in [5.74, 6) is -0.628. The fourth-order valence-electron chi connectivity index (χ4n) is 6.00. The Balaban J connectivity index is 1.74. The van der Waals surface area contributed by atoms with Crippen LogP contribution < -0.4 is 5.32 Å². The lowest BCUT2D eigenvalue weighted by Gasteiger charge is -2.35. The van der Waals surface area contributed by atoms with E-state index in [1.54, 1.807) is 37.0 Å². The lowest BCUT2D eigenvalue weighted by atomic mass is 9.87. The quantitative estimate of drug-likeness (QED) is 0.131. The molecule has 0 aromatic heterocycles.